The third kappa shape index (κ3) is 4.21. The molecule has 27 heavy (non-hydrogen) atoms. The molecule has 4 rings (SSSR count). The molecule has 2 N–H and O–H groups in total. The number of aromatic nitrogens is 3. The average molecular weight is 397 g/mol. The summed E-state index contributed by atoms with van der Waals surface area (Å²) in [6, 6.07) is 10.9. The van der Waals surface area contributed by atoms with Gasteiger partial charge in [-0.25, -0.2) is 19.7 Å². The number of thiazole rings is 1. The number of carbonyl (C=O) groups is 1. The number of amides is 1. The summed E-state index contributed by atoms with van der Waals surface area (Å²) in [4.78, 5) is 25.2. The Kier molecular flexibility index (Phi) is 5.22. The predicted octanol–water partition coefficient (Wildman–Crippen LogP) is 4.02. The fourth-order valence-electron chi connectivity index (χ4n) is 2.40. The highest BCUT2D eigenvalue weighted by Crippen LogP contribution is 2.32. The van der Waals surface area contributed by atoms with E-state index in [1.807, 2.05) is 35.0 Å². The molecule has 7 nitrogen and oxygen atoms in total. The second kappa shape index (κ2) is 8.11. The first-order chi connectivity index (χ1) is 13.3. The van der Waals surface area contributed by atoms with Gasteiger partial charge in [-0.3, -0.25) is 0 Å². The molecule has 0 saturated carbocycles. The smallest absolute Gasteiger partial charge is 0.410 e. The molecule has 9 heteroatoms. The van der Waals surface area contributed by atoms with E-state index >= 15 is 0 Å². The van der Waals surface area contributed by atoms with Crippen molar-refractivity contribution < 1.29 is 9.53 Å². The largest absolute Gasteiger partial charge is 0.412 e. The lowest BCUT2D eigenvalue weighted by Gasteiger charge is -2.08. The van der Waals surface area contributed by atoms with Crippen LogP contribution in [0.1, 0.15) is 0 Å². The number of ether oxygens (including phenoxy) is 1. The Morgan fingerprint density at radius 3 is 2.74 bits per heavy atom. The lowest BCUT2D eigenvalue weighted by Crippen LogP contribution is -2.31. The van der Waals surface area contributed by atoms with Crippen LogP contribution in [0.2, 0.25) is 0 Å². The highest BCUT2D eigenvalue weighted by Gasteiger charge is 2.13. The second-order valence-corrected chi connectivity index (χ2v) is 7.23. The maximum atomic E-state index is 11.8. The van der Waals surface area contributed by atoms with E-state index in [9.17, 15) is 4.79 Å². The van der Waals surface area contributed by atoms with E-state index in [1.54, 1.807) is 41.0 Å². The van der Waals surface area contributed by atoms with Gasteiger partial charge in [0.2, 0.25) is 5.95 Å². The first-order valence-corrected chi connectivity index (χ1v) is 9.95. The number of nitrogens with zero attached hydrogens (tertiary/aromatic N) is 3. The van der Waals surface area contributed by atoms with Gasteiger partial charge in [-0.15, -0.1) is 22.7 Å². The Morgan fingerprint density at radius 2 is 1.93 bits per heavy atom. The Morgan fingerprint density at radius 1 is 1.04 bits per heavy atom. The number of fused-ring (bicyclic) bond motifs is 1. The summed E-state index contributed by atoms with van der Waals surface area (Å²) in [5.74, 6) is 1.01. The normalized spacial score (nSPS) is 10.7. The average Bonchev–Trinajstić information content (AvgIpc) is 3.37. The molecule has 0 atom stereocenters. The fraction of sp³-hybridized carbons (Fsp3) is 0.111. The lowest BCUT2D eigenvalue weighted by atomic mass is 10.3. The third-order valence-electron chi connectivity index (χ3n) is 3.57. The summed E-state index contributed by atoms with van der Waals surface area (Å²) in [5, 5.41) is 10.6. The van der Waals surface area contributed by atoms with E-state index < -0.39 is 6.09 Å². The molecule has 3 heterocycles. The second-order valence-electron chi connectivity index (χ2n) is 5.42. The minimum atomic E-state index is -0.499. The SMILES string of the molecule is O=C(NCCNc1nc(-c2nccs2)c2sccc2n1)Oc1ccccc1. The van der Waals surface area contributed by atoms with Crippen molar-refractivity contribution in [3.8, 4) is 16.5 Å². The zero-order valence-corrected chi connectivity index (χ0v) is 15.7. The third-order valence-corrected chi connectivity index (χ3v) is 5.26. The quantitative estimate of drug-likeness (QED) is 0.478. The number of hydrogen-bond acceptors (Lipinski definition) is 8. The Balaban J connectivity index is 1.36. The minimum Gasteiger partial charge on any atom is -0.410 e. The first kappa shape index (κ1) is 17.4. The Bertz CT molecular complexity index is 1030. The number of rotatable bonds is 6. The van der Waals surface area contributed by atoms with E-state index in [4.69, 9.17) is 4.74 Å². The van der Waals surface area contributed by atoms with Crippen molar-refractivity contribution in [3.05, 3.63) is 53.4 Å². The van der Waals surface area contributed by atoms with Gasteiger partial charge in [0.1, 0.15) is 16.5 Å². The van der Waals surface area contributed by atoms with Crippen molar-refractivity contribution in [1.29, 1.82) is 0 Å². The van der Waals surface area contributed by atoms with E-state index in [2.05, 4.69) is 25.6 Å². The first-order valence-electron chi connectivity index (χ1n) is 8.19. The summed E-state index contributed by atoms with van der Waals surface area (Å²) in [6.45, 7) is 0.847. The molecule has 1 amide bonds. The molecule has 4 aromatic rings. The van der Waals surface area contributed by atoms with Gasteiger partial charge in [0, 0.05) is 24.7 Å². The van der Waals surface area contributed by atoms with E-state index in [0.717, 1.165) is 20.9 Å². The Hall–Kier alpha value is -3.04. The van der Waals surface area contributed by atoms with Crippen LogP contribution in [0.25, 0.3) is 20.9 Å². The van der Waals surface area contributed by atoms with Crippen molar-refractivity contribution in [1.82, 2.24) is 20.3 Å². The molecule has 0 aliphatic rings. The topological polar surface area (TPSA) is 89.0 Å². The van der Waals surface area contributed by atoms with Crippen LogP contribution in [0.15, 0.2) is 53.4 Å². The number of hydrogen-bond donors (Lipinski definition) is 2. The van der Waals surface area contributed by atoms with Crippen molar-refractivity contribution >= 4 is 44.9 Å². The monoisotopic (exact) mass is 397 g/mol. The number of anilines is 1. The molecule has 1 aromatic carbocycles. The fourth-order valence-corrected chi connectivity index (χ4v) is 3.92. The van der Waals surface area contributed by atoms with Gasteiger partial charge >= 0.3 is 6.09 Å². The molecule has 0 unspecified atom stereocenters. The maximum absolute atomic E-state index is 11.8. The molecule has 0 bridgehead atoms. The highest BCUT2D eigenvalue weighted by molar-refractivity contribution is 7.18. The summed E-state index contributed by atoms with van der Waals surface area (Å²) in [6.07, 6.45) is 1.26. The zero-order valence-electron chi connectivity index (χ0n) is 14.1. The number of thiophene rings is 1. The number of carbonyl (C=O) groups excluding carboxylic acids is 1. The van der Waals surface area contributed by atoms with Gasteiger partial charge in [0.05, 0.1) is 10.2 Å². The van der Waals surface area contributed by atoms with Crippen molar-refractivity contribution in [2.45, 2.75) is 0 Å². The van der Waals surface area contributed by atoms with E-state index in [0.29, 0.717) is 24.8 Å². The number of benzene rings is 1. The minimum absolute atomic E-state index is 0.378. The standard InChI is InChI=1S/C18H15N5O2S2/c24-18(25-12-4-2-1-3-5-12)21-8-7-20-17-22-13-6-10-26-15(13)14(23-17)16-19-9-11-27-16/h1-6,9-11H,7-8H2,(H,21,24)(H,20,22,23). The van der Waals surface area contributed by atoms with Gasteiger partial charge in [-0.2, -0.15) is 0 Å². The predicted molar refractivity (Wildman–Crippen MR) is 107 cm³/mol. The summed E-state index contributed by atoms with van der Waals surface area (Å²) < 4.78 is 6.18. The summed E-state index contributed by atoms with van der Waals surface area (Å²) >= 11 is 3.13. The number of nitrogens with one attached hydrogen (secondary N) is 2. The lowest BCUT2D eigenvalue weighted by molar-refractivity contribution is 0.201. The van der Waals surface area contributed by atoms with Gasteiger partial charge in [0.15, 0.2) is 0 Å². The van der Waals surface area contributed by atoms with Gasteiger partial charge < -0.3 is 15.4 Å². The molecule has 0 aliphatic heterocycles. The highest BCUT2D eigenvalue weighted by atomic mass is 32.1. The van der Waals surface area contributed by atoms with Gasteiger partial charge in [-0.1, -0.05) is 18.2 Å². The van der Waals surface area contributed by atoms with Gasteiger partial charge in [0.25, 0.3) is 0 Å². The zero-order chi connectivity index (χ0) is 18.5. The molecule has 0 spiro atoms. The van der Waals surface area contributed by atoms with Crippen LogP contribution in [0, 0.1) is 0 Å². The molecule has 0 fully saturated rings. The van der Waals surface area contributed by atoms with Crippen LogP contribution in [0.3, 0.4) is 0 Å². The summed E-state index contributed by atoms with van der Waals surface area (Å²) in [5.41, 5.74) is 1.70. The van der Waals surface area contributed by atoms with Crippen LogP contribution in [-0.2, 0) is 0 Å². The number of para-hydroxylation sites is 1. The Labute approximate surface area is 163 Å². The van der Waals surface area contributed by atoms with Crippen LogP contribution in [0.5, 0.6) is 5.75 Å². The molecular formula is C18H15N5O2S2. The molecule has 0 radical (unpaired) electrons. The molecule has 3 aromatic heterocycles. The van der Waals surface area contributed by atoms with Crippen molar-refractivity contribution in [2.75, 3.05) is 18.4 Å². The van der Waals surface area contributed by atoms with E-state index in [-0.39, 0.29) is 0 Å². The summed E-state index contributed by atoms with van der Waals surface area (Å²) in [7, 11) is 0. The molecule has 0 saturated heterocycles. The van der Waals surface area contributed by atoms with Crippen molar-refractivity contribution in [3.63, 3.8) is 0 Å². The van der Waals surface area contributed by atoms with Crippen LogP contribution in [0.4, 0.5) is 10.7 Å². The van der Waals surface area contributed by atoms with Crippen molar-refractivity contribution in [2.24, 2.45) is 0 Å². The van der Waals surface area contributed by atoms with Gasteiger partial charge in [-0.05, 0) is 23.6 Å². The van der Waals surface area contributed by atoms with Crippen LogP contribution < -0.4 is 15.4 Å². The maximum Gasteiger partial charge on any atom is 0.412 e. The van der Waals surface area contributed by atoms with Crippen LogP contribution in [-0.4, -0.2) is 34.1 Å². The molecule has 0 aliphatic carbocycles. The molecular weight excluding hydrogens is 382 g/mol. The van der Waals surface area contributed by atoms with E-state index in [1.165, 1.54) is 0 Å². The molecule has 136 valence electrons. The van der Waals surface area contributed by atoms with Crippen LogP contribution >= 0.6 is 22.7 Å².